The Kier molecular flexibility index (Phi) is 8.78. The summed E-state index contributed by atoms with van der Waals surface area (Å²) >= 11 is 0. The van der Waals surface area contributed by atoms with E-state index in [-0.39, 0.29) is 32.3 Å². The summed E-state index contributed by atoms with van der Waals surface area (Å²) in [4.78, 5) is 9.25. The molecule has 3 heterocycles. The summed E-state index contributed by atoms with van der Waals surface area (Å²) in [5, 5.41) is 2.26. The number of nitrogens with zero attached hydrogens (tertiary/aromatic N) is 4. The molecule has 4 bridgehead atoms. The van der Waals surface area contributed by atoms with Gasteiger partial charge in [0, 0.05) is 66.8 Å². The van der Waals surface area contributed by atoms with E-state index in [2.05, 4.69) is 111 Å². The average Bonchev–Trinajstić information content (AvgIpc) is 3.81. The smallest absolute Gasteiger partial charge is 0.135 e. The Morgan fingerprint density at radius 3 is 2.10 bits per heavy atom. The zero-order valence-electron chi connectivity index (χ0n) is 32.2. The molecular formula is C52H40FN4OPt-3. The van der Waals surface area contributed by atoms with Gasteiger partial charge in [-0.15, -0.1) is 48.1 Å². The van der Waals surface area contributed by atoms with E-state index >= 15 is 0 Å². The van der Waals surface area contributed by atoms with E-state index < -0.39 is 0 Å². The van der Waals surface area contributed by atoms with E-state index in [1.165, 1.54) is 55.4 Å². The van der Waals surface area contributed by atoms with Crippen LogP contribution in [0.1, 0.15) is 43.2 Å². The van der Waals surface area contributed by atoms with Crippen molar-refractivity contribution in [3.05, 3.63) is 188 Å². The normalized spacial score (nSPS) is 22.8. The molecule has 13 rings (SSSR count). The summed E-state index contributed by atoms with van der Waals surface area (Å²) in [7, 11) is 0. The van der Waals surface area contributed by atoms with E-state index in [1.807, 2.05) is 49.3 Å². The number of pyridine rings is 1. The number of hydrogen-bond donors (Lipinski definition) is 0. The molecule has 5 aliphatic rings. The van der Waals surface area contributed by atoms with Gasteiger partial charge in [-0.25, -0.2) is 9.37 Å². The summed E-state index contributed by atoms with van der Waals surface area (Å²) in [6.07, 6.45) is 8.72. The molecule has 4 aliphatic carbocycles. The molecule has 1 aliphatic heterocycles. The first-order valence-electron chi connectivity index (χ1n) is 20.6. The van der Waals surface area contributed by atoms with Crippen LogP contribution in [0.15, 0.2) is 152 Å². The van der Waals surface area contributed by atoms with E-state index in [1.54, 1.807) is 12.1 Å². The van der Waals surface area contributed by atoms with Gasteiger partial charge in [-0.05, 0) is 127 Å². The number of benzene rings is 6. The standard InChI is InChI=1S/C52H40FN4O.Pt/c53-40-17-19-41(20-18-40)55-33-56(49-16-7-6-15-48(49)55)42-11-8-12-43(31-42)58-44-21-22-46-45-13-4-5-14-47(45)57(50(46)32-44)51-30-37(23-24-54-51)52(36-9-2-1-3-10-36)38-26-34-25-35(28-38)29-39(52)27-34;/h1-24,30,33-35,38-39H,25-29H2;/q-3;. The van der Waals surface area contributed by atoms with E-state index in [9.17, 15) is 4.39 Å². The maximum absolute atomic E-state index is 13.8. The first-order valence-corrected chi connectivity index (χ1v) is 20.6. The largest absolute Gasteiger partial charge is 0.509 e. The van der Waals surface area contributed by atoms with Gasteiger partial charge in [-0.1, -0.05) is 66.2 Å². The second-order valence-electron chi connectivity index (χ2n) is 16.7. The number of anilines is 4. The van der Waals surface area contributed by atoms with Crippen LogP contribution in [-0.4, -0.2) is 9.55 Å². The Balaban J connectivity index is 0.00000397. The Labute approximate surface area is 358 Å². The first-order chi connectivity index (χ1) is 28.6. The number of aromatic nitrogens is 2. The van der Waals surface area contributed by atoms with Crippen LogP contribution in [0.2, 0.25) is 0 Å². The minimum atomic E-state index is -0.263. The number of hydrogen-bond acceptors (Lipinski definition) is 4. The van der Waals surface area contributed by atoms with Crippen LogP contribution in [0.25, 0.3) is 27.6 Å². The molecule has 2 aromatic heterocycles. The predicted molar refractivity (Wildman–Crippen MR) is 228 cm³/mol. The second-order valence-corrected chi connectivity index (χ2v) is 16.7. The molecule has 7 heteroatoms. The molecular weight excluding hydrogens is 911 g/mol. The van der Waals surface area contributed by atoms with Crippen LogP contribution in [0, 0.1) is 48.3 Å². The third-order valence-corrected chi connectivity index (χ3v) is 13.7. The van der Waals surface area contributed by atoms with Gasteiger partial charge < -0.3 is 19.1 Å². The zero-order chi connectivity index (χ0) is 38.4. The van der Waals surface area contributed by atoms with Gasteiger partial charge in [0.05, 0.1) is 0 Å². The van der Waals surface area contributed by atoms with E-state index in [0.29, 0.717) is 23.3 Å². The SMILES string of the molecule is Fc1ccc(N2[CH-]N(c3[c-]c(Oc4[c-]c5c(cc4)c4ccccc4n5-c4cc(C5(c6ccccc6)C6CC7CC(C6)CC5C7)ccn4)ccc3)c3ccccc32)cc1.[Pt]. The number of para-hydroxylation sites is 3. The zero-order valence-corrected chi connectivity index (χ0v) is 34.5. The fourth-order valence-corrected chi connectivity index (χ4v) is 11.6. The van der Waals surface area contributed by atoms with Gasteiger partial charge in [-0.3, -0.25) is 0 Å². The van der Waals surface area contributed by atoms with Gasteiger partial charge in [-0.2, -0.15) is 12.1 Å². The van der Waals surface area contributed by atoms with Gasteiger partial charge in [0.2, 0.25) is 0 Å². The van der Waals surface area contributed by atoms with Crippen molar-refractivity contribution in [2.45, 2.75) is 37.5 Å². The number of rotatable bonds is 7. The van der Waals surface area contributed by atoms with Crippen LogP contribution in [0.4, 0.5) is 27.1 Å². The molecule has 0 saturated heterocycles. The fourth-order valence-electron chi connectivity index (χ4n) is 11.6. The molecule has 59 heavy (non-hydrogen) atoms. The van der Waals surface area contributed by atoms with E-state index in [4.69, 9.17) is 9.72 Å². The summed E-state index contributed by atoms with van der Waals surface area (Å²) in [6.45, 7) is 2.01. The van der Waals surface area contributed by atoms with Crippen molar-refractivity contribution in [1.29, 1.82) is 0 Å². The van der Waals surface area contributed by atoms with Crippen molar-refractivity contribution >= 4 is 44.6 Å². The maximum atomic E-state index is 13.8. The topological polar surface area (TPSA) is 33.5 Å². The molecule has 0 amide bonds. The van der Waals surface area contributed by atoms with Crippen LogP contribution in [0.3, 0.4) is 0 Å². The average molecular weight is 951 g/mol. The summed E-state index contributed by atoms with van der Waals surface area (Å²) in [6, 6.07) is 56.6. The molecule has 4 saturated carbocycles. The van der Waals surface area contributed by atoms with Crippen molar-refractivity contribution in [3.8, 4) is 17.3 Å². The van der Waals surface area contributed by atoms with Gasteiger partial charge in [0.15, 0.2) is 0 Å². The molecule has 8 aromatic rings. The van der Waals surface area contributed by atoms with Crippen molar-refractivity contribution in [2.24, 2.45) is 23.7 Å². The molecule has 0 unspecified atom stereocenters. The van der Waals surface area contributed by atoms with Crippen LogP contribution in [-0.2, 0) is 26.5 Å². The van der Waals surface area contributed by atoms with Crippen molar-refractivity contribution in [3.63, 3.8) is 0 Å². The Morgan fingerprint density at radius 2 is 1.32 bits per heavy atom. The van der Waals surface area contributed by atoms with Crippen molar-refractivity contribution in [2.75, 3.05) is 9.80 Å². The van der Waals surface area contributed by atoms with Crippen LogP contribution in [0.5, 0.6) is 11.5 Å². The van der Waals surface area contributed by atoms with Gasteiger partial charge in [0.1, 0.15) is 11.6 Å². The summed E-state index contributed by atoms with van der Waals surface area (Å²) in [5.41, 5.74) is 8.53. The van der Waals surface area contributed by atoms with Crippen LogP contribution < -0.4 is 14.5 Å². The summed E-state index contributed by atoms with van der Waals surface area (Å²) < 4.78 is 22.7. The monoisotopic (exact) mass is 950 g/mol. The molecule has 0 N–H and O–H groups in total. The molecule has 0 spiro atoms. The third kappa shape index (κ3) is 5.78. The molecule has 6 aromatic carbocycles. The molecule has 5 nitrogen and oxygen atoms in total. The second kappa shape index (κ2) is 14.2. The minimum Gasteiger partial charge on any atom is -0.509 e. The molecule has 0 atom stereocenters. The van der Waals surface area contributed by atoms with Crippen molar-refractivity contribution in [1.82, 2.24) is 9.55 Å². The quantitative estimate of drug-likeness (QED) is 0.149. The maximum Gasteiger partial charge on any atom is 0.135 e. The minimum absolute atomic E-state index is 0. The number of halogens is 1. The molecule has 0 radical (unpaired) electrons. The number of ether oxygens (including phenoxy) is 1. The molecule has 4 fully saturated rings. The fraction of sp³-hybridized carbons (Fsp3) is 0.192. The van der Waals surface area contributed by atoms with Gasteiger partial charge in [0.25, 0.3) is 0 Å². The number of fused-ring (bicyclic) bond motifs is 4. The Bertz CT molecular complexity index is 2830. The summed E-state index contributed by atoms with van der Waals surface area (Å²) in [5.74, 6) is 4.82. The van der Waals surface area contributed by atoms with E-state index in [0.717, 1.165) is 62.2 Å². The Hall–Kier alpha value is -5.71. The van der Waals surface area contributed by atoms with Crippen molar-refractivity contribution < 1.29 is 30.2 Å². The van der Waals surface area contributed by atoms with Gasteiger partial charge >= 0.3 is 0 Å². The van der Waals surface area contributed by atoms with Crippen LogP contribution >= 0.6 is 0 Å². The first kappa shape index (κ1) is 36.4. The molecule has 294 valence electrons. The third-order valence-electron chi connectivity index (χ3n) is 13.7. The predicted octanol–water partition coefficient (Wildman–Crippen LogP) is 12.9. The Morgan fingerprint density at radius 1 is 0.627 bits per heavy atom.